The lowest BCUT2D eigenvalue weighted by Gasteiger charge is -2.04. The summed E-state index contributed by atoms with van der Waals surface area (Å²) < 4.78 is 0. The average molecular weight is 112 g/mol. The van der Waals surface area contributed by atoms with Crippen LogP contribution in [0, 0.1) is 17.8 Å². The van der Waals surface area contributed by atoms with Gasteiger partial charge in [0.05, 0.1) is 0 Å². The van der Waals surface area contributed by atoms with Crippen molar-refractivity contribution >= 4 is 0 Å². The van der Waals surface area contributed by atoms with Crippen LogP contribution in [0.25, 0.3) is 0 Å². The lowest BCUT2D eigenvalue weighted by Crippen LogP contribution is -1.95. The van der Waals surface area contributed by atoms with Gasteiger partial charge in [0.2, 0.25) is 0 Å². The predicted octanol–water partition coefficient (Wildman–Crippen LogP) is 2.69. The van der Waals surface area contributed by atoms with Gasteiger partial charge >= 0.3 is 0 Å². The highest BCUT2D eigenvalue weighted by Gasteiger charge is 2.24. The third-order valence-corrected chi connectivity index (χ3v) is 2.52. The van der Waals surface area contributed by atoms with E-state index in [4.69, 9.17) is 0 Å². The normalized spacial score (nSPS) is 47.6. The zero-order valence-electron chi connectivity index (χ0n) is 6.15. The molecule has 2 atom stereocenters. The van der Waals surface area contributed by atoms with E-state index >= 15 is 0 Å². The van der Waals surface area contributed by atoms with E-state index in [-0.39, 0.29) is 0 Å². The van der Waals surface area contributed by atoms with E-state index in [1.165, 1.54) is 12.8 Å². The molecule has 1 fully saturated rings. The van der Waals surface area contributed by atoms with Crippen molar-refractivity contribution in [3.63, 3.8) is 0 Å². The van der Waals surface area contributed by atoms with E-state index in [0.717, 1.165) is 17.8 Å². The first-order valence-electron chi connectivity index (χ1n) is 3.70. The van der Waals surface area contributed by atoms with Gasteiger partial charge < -0.3 is 0 Å². The molecule has 1 aliphatic carbocycles. The highest BCUT2D eigenvalue weighted by atomic mass is 14.3. The summed E-state index contributed by atoms with van der Waals surface area (Å²) in [5, 5.41) is 0. The van der Waals surface area contributed by atoms with Crippen LogP contribution in [0.1, 0.15) is 33.6 Å². The molecular weight excluding hydrogens is 96.1 g/mol. The summed E-state index contributed by atoms with van der Waals surface area (Å²) in [5.41, 5.74) is 0. The lowest BCUT2D eigenvalue weighted by molar-refractivity contribution is 0.457. The fraction of sp³-hybridized carbons (Fsp3) is 1.00. The number of hydrogen-bond donors (Lipinski definition) is 0. The molecule has 2 unspecified atom stereocenters. The molecular formula is C8H16. The Balaban J connectivity index is 2.39. The van der Waals surface area contributed by atoms with Crippen molar-refractivity contribution in [1.82, 2.24) is 0 Å². The second-order valence-electron chi connectivity index (χ2n) is 3.53. The van der Waals surface area contributed by atoms with E-state index in [1.807, 2.05) is 0 Å². The third kappa shape index (κ3) is 1.04. The SMILES string of the molecule is CC1CC(C)C(C)C1. The molecule has 0 bridgehead atoms. The molecule has 1 rings (SSSR count). The molecule has 0 nitrogen and oxygen atoms in total. The van der Waals surface area contributed by atoms with Gasteiger partial charge in [-0.1, -0.05) is 20.8 Å². The summed E-state index contributed by atoms with van der Waals surface area (Å²) in [6.07, 6.45) is 2.92. The molecule has 0 spiro atoms. The van der Waals surface area contributed by atoms with Crippen molar-refractivity contribution < 1.29 is 0 Å². The second kappa shape index (κ2) is 2.08. The van der Waals surface area contributed by atoms with Gasteiger partial charge in [0.15, 0.2) is 0 Å². The van der Waals surface area contributed by atoms with Gasteiger partial charge in [0, 0.05) is 0 Å². The van der Waals surface area contributed by atoms with Crippen LogP contribution < -0.4 is 0 Å². The Morgan fingerprint density at radius 3 is 1.38 bits per heavy atom. The molecule has 0 heterocycles. The van der Waals surface area contributed by atoms with E-state index in [0.29, 0.717) is 0 Å². The van der Waals surface area contributed by atoms with Gasteiger partial charge in [0.1, 0.15) is 0 Å². The van der Waals surface area contributed by atoms with Crippen LogP contribution in [0.15, 0.2) is 0 Å². The van der Waals surface area contributed by atoms with Crippen LogP contribution in [0.5, 0.6) is 0 Å². The topological polar surface area (TPSA) is 0 Å². The largest absolute Gasteiger partial charge is 0.0625 e. The van der Waals surface area contributed by atoms with Gasteiger partial charge in [-0.3, -0.25) is 0 Å². The van der Waals surface area contributed by atoms with Crippen molar-refractivity contribution in [1.29, 1.82) is 0 Å². The van der Waals surface area contributed by atoms with E-state index in [1.54, 1.807) is 0 Å². The van der Waals surface area contributed by atoms with Gasteiger partial charge in [-0.05, 0) is 30.6 Å². The van der Waals surface area contributed by atoms with Crippen LogP contribution in [0.4, 0.5) is 0 Å². The summed E-state index contributed by atoms with van der Waals surface area (Å²) >= 11 is 0. The molecule has 1 saturated carbocycles. The average Bonchev–Trinajstić information content (AvgIpc) is 1.85. The molecule has 0 saturated heterocycles. The van der Waals surface area contributed by atoms with Crippen LogP contribution in [0.3, 0.4) is 0 Å². The van der Waals surface area contributed by atoms with Crippen molar-refractivity contribution in [3.05, 3.63) is 0 Å². The van der Waals surface area contributed by atoms with Crippen LogP contribution in [-0.4, -0.2) is 0 Å². The maximum absolute atomic E-state index is 2.37. The quantitative estimate of drug-likeness (QED) is 0.452. The lowest BCUT2D eigenvalue weighted by atomic mass is 10.0. The maximum Gasteiger partial charge on any atom is -0.0414 e. The van der Waals surface area contributed by atoms with Gasteiger partial charge in [-0.2, -0.15) is 0 Å². The second-order valence-corrected chi connectivity index (χ2v) is 3.53. The van der Waals surface area contributed by atoms with Crippen molar-refractivity contribution in [2.45, 2.75) is 33.6 Å². The summed E-state index contributed by atoms with van der Waals surface area (Å²) in [5.74, 6) is 2.98. The Morgan fingerprint density at radius 2 is 1.25 bits per heavy atom. The predicted molar refractivity (Wildman–Crippen MR) is 36.7 cm³/mol. The van der Waals surface area contributed by atoms with Crippen LogP contribution in [0.2, 0.25) is 0 Å². The zero-order chi connectivity index (χ0) is 6.15. The van der Waals surface area contributed by atoms with E-state index < -0.39 is 0 Å². The van der Waals surface area contributed by atoms with Gasteiger partial charge in [-0.25, -0.2) is 0 Å². The molecule has 0 aromatic carbocycles. The van der Waals surface area contributed by atoms with Crippen molar-refractivity contribution in [3.8, 4) is 0 Å². The molecule has 0 aliphatic heterocycles. The molecule has 0 amide bonds. The first kappa shape index (κ1) is 6.12. The number of hydrogen-bond acceptors (Lipinski definition) is 0. The fourth-order valence-electron chi connectivity index (χ4n) is 1.83. The first-order valence-corrected chi connectivity index (χ1v) is 3.70. The molecule has 8 heavy (non-hydrogen) atoms. The third-order valence-electron chi connectivity index (χ3n) is 2.52. The van der Waals surface area contributed by atoms with Crippen molar-refractivity contribution in [2.75, 3.05) is 0 Å². The van der Waals surface area contributed by atoms with Gasteiger partial charge in [0.25, 0.3) is 0 Å². The molecule has 1 aliphatic rings. The molecule has 0 N–H and O–H groups in total. The molecule has 0 aromatic heterocycles. The Hall–Kier alpha value is 0. The smallest absolute Gasteiger partial charge is 0.0414 e. The Kier molecular flexibility index (Phi) is 1.59. The summed E-state index contributed by atoms with van der Waals surface area (Å²) in [6.45, 7) is 7.10. The number of rotatable bonds is 0. The van der Waals surface area contributed by atoms with Crippen molar-refractivity contribution in [2.24, 2.45) is 17.8 Å². The monoisotopic (exact) mass is 112 g/mol. The minimum atomic E-state index is 0.991. The molecule has 48 valence electrons. The minimum Gasteiger partial charge on any atom is -0.0625 e. The molecule has 0 aromatic rings. The molecule has 0 radical (unpaired) electrons. The standard InChI is InChI=1S/C8H16/c1-6-4-7(2)8(3)5-6/h6-8H,4-5H2,1-3H3. The van der Waals surface area contributed by atoms with E-state index in [2.05, 4.69) is 20.8 Å². The highest BCUT2D eigenvalue weighted by Crippen LogP contribution is 2.34. The van der Waals surface area contributed by atoms with Crippen LogP contribution >= 0.6 is 0 Å². The van der Waals surface area contributed by atoms with Gasteiger partial charge in [-0.15, -0.1) is 0 Å². The summed E-state index contributed by atoms with van der Waals surface area (Å²) in [6, 6.07) is 0. The Bertz CT molecular complexity index is 66.1. The Morgan fingerprint density at radius 1 is 0.875 bits per heavy atom. The summed E-state index contributed by atoms with van der Waals surface area (Å²) in [7, 11) is 0. The Labute approximate surface area is 52.3 Å². The van der Waals surface area contributed by atoms with E-state index in [9.17, 15) is 0 Å². The molecule has 0 heteroatoms. The zero-order valence-corrected chi connectivity index (χ0v) is 6.15. The minimum absolute atomic E-state index is 0.991. The van der Waals surface area contributed by atoms with Crippen LogP contribution in [-0.2, 0) is 0 Å². The first-order chi connectivity index (χ1) is 3.70. The summed E-state index contributed by atoms with van der Waals surface area (Å²) in [4.78, 5) is 0. The fourth-order valence-corrected chi connectivity index (χ4v) is 1.83. The maximum atomic E-state index is 2.37. The highest BCUT2D eigenvalue weighted by molar-refractivity contribution is 4.74.